The second-order valence-electron chi connectivity index (χ2n) is 4.88. The Morgan fingerprint density at radius 1 is 1.00 bits per heavy atom. The fourth-order valence-corrected chi connectivity index (χ4v) is 3.14. The molecule has 4 nitrogen and oxygen atoms in total. The van der Waals surface area contributed by atoms with Gasteiger partial charge in [-0.05, 0) is 41.8 Å². The van der Waals surface area contributed by atoms with Crippen LogP contribution in [0.2, 0.25) is 0 Å². The minimum atomic E-state index is -3.43. The highest BCUT2D eigenvalue weighted by atomic mass is 32.2. The highest BCUT2D eigenvalue weighted by molar-refractivity contribution is 7.88. The molecule has 0 saturated heterocycles. The summed E-state index contributed by atoms with van der Waals surface area (Å²) < 4.78 is 44.3. The van der Waals surface area contributed by atoms with E-state index < -0.39 is 10.0 Å². The van der Waals surface area contributed by atoms with Crippen LogP contribution in [0.15, 0.2) is 48.5 Å². The van der Waals surface area contributed by atoms with E-state index in [4.69, 9.17) is 4.74 Å². The van der Waals surface area contributed by atoms with Gasteiger partial charge in [0.25, 0.3) is 0 Å². The van der Waals surface area contributed by atoms with E-state index in [1.807, 2.05) is 24.3 Å². The van der Waals surface area contributed by atoms with Gasteiger partial charge >= 0.3 is 0 Å². The number of methoxy groups -OCH3 is 1. The largest absolute Gasteiger partial charge is 0.497 e. The van der Waals surface area contributed by atoms with Gasteiger partial charge in [-0.25, -0.2) is 17.5 Å². The Morgan fingerprint density at radius 2 is 1.59 bits per heavy atom. The van der Waals surface area contributed by atoms with Gasteiger partial charge in [0.05, 0.1) is 12.9 Å². The lowest BCUT2D eigenvalue weighted by atomic mass is 10.1. The Labute approximate surface area is 130 Å². The monoisotopic (exact) mass is 323 g/mol. The molecule has 0 unspecified atom stereocenters. The molecule has 0 aromatic heterocycles. The van der Waals surface area contributed by atoms with Gasteiger partial charge in [-0.3, -0.25) is 0 Å². The Bertz CT molecular complexity index is 697. The first kappa shape index (κ1) is 16.5. The van der Waals surface area contributed by atoms with Gasteiger partial charge in [-0.1, -0.05) is 24.3 Å². The van der Waals surface area contributed by atoms with Crippen molar-refractivity contribution in [3.05, 3.63) is 65.5 Å². The zero-order valence-corrected chi connectivity index (χ0v) is 13.1. The maximum atomic E-state index is 12.8. The summed E-state index contributed by atoms with van der Waals surface area (Å²) in [5.74, 6) is 0.227. The molecular formula is C16H18FNO3S. The molecular weight excluding hydrogens is 305 g/mol. The average molecular weight is 323 g/mol. The Morgan fingerprint density at radius 3 is 2.18 bits per heavy atom. The van der Waals surface area contributed by atoms with E-state index in [2.05, 4.69) is 4.72 Å². The third kappa shape index (κ3) is 5.13. The van der Waals surface area contributed by atoms with E-state index in [1.54, 1.807) is 7.11 Å². The van der Waals surface area contributed by atoms with Crippen molar-refractivity contribution in [2.75, 3.05) is 13.7 Å². The molecule has 0 fully saturated rings. The van der Waals surface area contributed by atoms with Crippen molar-refractivity contribution in [3.8, 4) is 5.75 Å². The molecule has 0 spiro atoms. The highest BCUT2D eigenvalue weighted by Crippen LogP contribution is 2.11. The van der Waals surface area contributed by atoms with Gasteiger partial charge in [0.2, 0.25) is 10.0 Å². The van der Waals surface area contributed by atoms with Crippen LogP contribution in [0.5, 0.6) is 5.75 Å². The molecule has 0 aliphatic carbocycles. The lowest BCUT2D eigenvalue weighted by Gasteiger charge is -2.07. The zero-order valence-electron chi connectivity index (χ0n) is 12.3. The SMILES string of the molecule is COc1ccc(CCNS(=O)(=O)Cc2ccc(F)cc2)cc1. The first-order valence-electron chi connectivity index (χ1n) is 6.83. The number of sulfonamides is 1. The molecule has 0 radical (unpaired) electrons. The predicted molar refractivity (Wildman–Crippen MR) is 83.7 cm³/mol. The maximum absolute atomic E-state index is 12.8. The van der Waals surface area contributed by atoms with Crippen LogP contribution in [0.4, 0.5) is 4.39 Å². The number of benzene rings is 2. The van der Waals surface area contributed by atoms with Gasteiger partial charge < -0.3 is 4.74 Å². The summed E-state index contributed by atoms with van der Waals surface area (Å²) in [6.45, 7) is 0.315. The van der Waals surface area contributed by atoms with E-state index in [1.165, 1.54) is 24.3 Å². The quantitative estimate of drug-likeness (QED) is 0.852. The van der Waals surface area contributed by atoms with E-state index in [9.17, 15) is 12.8 Å². The number of hydrogen-bond acceptors (Lipinski definition) is 3. The number of ether oxygens (including phenoxy) is 1. The van der Waals surface area contributed by atoms with Crippen LogP contribution < -0.4 is 9.46 Å². The second-order valence-corrected chi connectivity index (χ2v) is 6.68. The number of rotatable bonds is 7. The van der Waals surface area contributed by atoms with Crippen molar-refractivity contribution in [1.29, 1.82) is 0 Å². The van der Waals surface area contributed by atoms with Crippen molar-refractivity contribution in [3.63, 3.8) is 0 Å². The van der Waals surface area contributed by atoms with Gasteiger partial charge in [0.1, 0.15) is 11.6 Å². The number of halogens is 1. The molecule has 6 heteroatoms. The van der Waals surface area contributed by atoms with Crippen LogP contribution in [0.1, 0.15) is 11.1 Å². The molecule has 22 heavy (non-hydrogen) atoms. The Balaban J connectivity index is 1.85. The molecule has 118 valence electrons. The molecule has 0 bridgehead atoms. The summed E-state index contributed by atoms with van der Waals surface area (Å²) in [4.78, 5) is 0. The zero-order chi connectivity index (χ0) is 16.0. The average Bonchev–Trinajstić information content (AvgIpc) is 2.50. The van der Waals surface area contributed by atoms with Crippen molar-refractivity contribution < 1.29 is 17.5 Å². The summed E-state index contributed by atoms with van der Waals surface area (Å²) >= 11 is 0. The molecule has 2 rings (SSSR count). The molecule has 0 heterocycles. The highest BCUT2D eigenvalue weighted by Gasteiger charge is 2.11. The summed E-state index contributed by atoms with van der Waals surface area (Å²) in [5.41, 5.74) is 1.57. The molecule has 1 N–H and O–H groups in total. The van der Waals surface area contributed by atoms with E-state index in [0.29, 0.717) is 18.5 Å². The third-order valence-electron chi connectivity index (χ3n) is 3.16. The van der Waals surface area contributed by atoms with Gasteiger partial charge in [0, 0.05) is 6.54 Å². The maximum Gasteiger partial charge on any atom is 0.215 e. The molecule has 2 aromatic rings. The molecule has 0 amide bonds. The van der Waals surface area contributed by atoms with E-state index in [0.717, 1.165) is 11.3 Å². The third-order valence-corrected chi connectivity index (χ3v) is 4.52. The van der Waals surface area contributed by atoms with Crippen LogP contribution >= 0.6 is 0 Å². The lowest BCUT2D eigenvalue weighted by Crippen LogP contribution is -2.27. The Hall–Kier alpha value is -1.92. The second kappa shape index (κ2) is 7.38. The molecule has 2 aromatic carbocycles. The van der Waals surface area contributed by atoms with Crippen LogP contribution in [0.3, 0.4) is 0 Å². The molecule has 0 saturated carbocycles. The van der Waals surface area contributed by atoms with Crippen LogP contribution in [-0.4, -0.2) is 22.1 Å². The Kier molecular flexibility index (Phi) is 5.51. The number of nitrogens with one attached hydrogen (secondary N) is 1. The normalized spacial score (nSPS) is 11.4. The van der Waals surface area contributed by atoms with Crippen molar-refractivity contribution in [1.82, 2.24) is 4.72 Å². The van der Waals surface area contributed by atoms with Gasteiger partial charge in [-0.15, -0.1) is 0 Å². The first-order valence-corrected chi connectivity index (χ1v) is 8.48. The van der Waals surface area contributed by atoms with Gasteiger partial charge in [0.15, 0.2) is 0 Å². The molecule has 0 aliphatic heterocycles. The van der Waals surface area contributed by atoms with E-state index >= 15 is 0 Å². The fraction of sp³-hybridized carbons (Fsp3) is 0.250. The van der Waals surface area contributed by atoms with Gasteiger partial charge in [-0.2, -0.15) is 0 Å². The van der Waals surface area contributed by atoms with Crippen LogP contribution in [0.25, 0.3) is 0 Å². The predicted octanol–water partition coefficient (Wildman–Crippen LogP) is 2.50. The number of hydrogen-bond donors (Lipinski definition) is 1. The summed E-state index contributed by atoms with van der Waals surface area (Å²) in [6.07, 6.45) is 0.590. The van der Waals surface area contributed by atoms with E-state index in [-0.39, 0.29) is 11.6 Å². The minimum absolute atomic E-state index is 0.157. The first-order chi connectivity index (χ1) is 10.5. The van der Waals surface area contributed by atoms with Crippen LogP contribution in [0, 0.1) is 5.82 Å². The lowest BCUT2D eigenvalue weighted by molar-refractivity contribution is 0.414. The fourth-order valence-electron chi connectivity index (χ4n) is 1.99. The van der Waals surface area contributed by atoms with Crippen LogP contribution in [-0.2, 0) is 22.2 Å². The topological polar surface area (TPSA) is 55.4 Å². The van der Waals surface area contributed by atoms with Crippen molar-refractivity contribution >= 4 is 10.0 Å². The van der Waals surface area contributed by atoms with Crippen molar-refractivity contribution in [2.45, 2.75) is 12.2 Å². The molecule has 0 atom stereocenters. The minimum Gasteiger partial charge on any atom is -0.497 e. The summed E-state index contributed by atoms with van der Waals surface area (Å²) in [6, 6.07) is 12.9. The standard InChI is InChI=1S/C16H18FNO3S/c1-21-16-8-4-13(5-9-16)10-11-18-22(19,20)12-14-2-6-15(17)7-3-14/h2-9,18H,10-12H2,1H3. The summed E-state index contributed by atoms with van der Waals surface area (Å²) in [7, 11) is -1.83. The van der Waals surface area contributed by atoms with Crippen molar-refractivity contribution in [2.24, 2.45) is 0 Å². The molecule has 0 aliphatic rings. The summed E-state index contributed by atoms with van der Waals surface area (Å²) in [5, 5.41) is 0. The smallest absolute Gasteiger partial charge is 0.215 e.